The Hall–Kier alpha value is -2.33. The molecule has 2 aliphatic rings. The summed E-state index contributed by atoms with van der Waals surface area (Å²) in [6, 6.07) is 16.5. The smallest absolute Gasteiger partial charge is 0.410 e. The fourth-order valence-electron chi connectivity index (χ4n) is 4.46. The molecule has 1 atom stereocenters. The summed E-state index contributed by atoms with van der Waals surface area (Å²) >= 11 is 0. The van der Waals surface area contributed by atoms with E-state index in [-0.39, 0.29) is 30.1 Å². The second kappa shape index (κ2) is 6.44. The molecule has 1 aliphatic carbocycles. The van der Waals surface area contributed by atoms with Gasteiger partial charge in [-0.3, -0.25) is 0 Å². The molecule has 0 bridgehead atoms. The zero-order chi connectivity index (χ0) is 18.3. The number of nitrogens with zero attached hydrogens (tertiary/aromatic N) is 1. The summed E-state index contributed by atoms with van der Waals surface area (Å²) in [5, 5.41) is 9.61. The maximum Gasteiger partial charge on any atom is 0.410 e. The second-order valence-electron chi connectivity index (χ2n) is 8.14. The third kappa shape index (κ3) is 2.88. The highest BCUT2D eigenvalue weighted by Crippen LogP contribution is 2.44. The monoisotopic (exact) mass is 351 g/mol. The number of hydrogen-bond acceptors (Lipinski definition) is 3. The Morgan fingerprint density at radius 1 is 1.12 bits per heavy atom. The van der Waals surface area contributed by atoms with Crippen LogP contribution in [0.4, 0.5) is 4.79 Å². The van der Waals surface area contributed by atoms with Crippen molar-refractivity contribution < 1.29 is 14.6 Å². The Morgan fingerprint density at radius 2 is 1.69 bits per heavy atom. The van der Waals surface area contributed by atoms with Crippen molar-refractivity contribution in [2.75, 3.05) is 19.8 Å². The first-order valence-corrected chi connectivity index (χ1v) is 9.23. The summed E-state index contributed by atoms with van der Waals surface area (Å²) in [7, 11) is 0. The molecule has 26 heavy (non-hydrogen) atoms. The highest BCUT2D eigenvalue weighted by molar-refractivity contribution is 5.79. The Balaban J connectivity index is 1.52. The minimum atomic E-state index is -0.323. The quantitative estimate of drug-likeness (QED) is 0.908. The van der Waals surface area contributed by atoms with Gasteiger partial charge in [0.15, 0.2) is 0 Å². The Bertz CT molecular complexity index is 784. The number of carbonyl (C=O) groups is 1. The maximum absolute atomic E-state index is 12.7. The maximum atomic E-state index is 12.7. The average Bonchev–Trinajstić information content (AvgIpc) is 3.14. The molecule has 1 aliphatic heterocycles. The van der Waals surface area contributed by atoms with Gasteiger partial charge in [0.05, 0.1) is 12.6 Å². The van der Waals surface area contributed by atoms with Gasteiger partial charge in [0, 0.05) is 12.5 Å². The van der Waals surface area contributed by atoms with Gasteiger partial charge < -0.3 is 14.7 Å². The number of fused-ring (bicyclic) bond motifs is 3. The van der Waals surface area contributed by atoms with Crippen LogP contribution in [-0.4, -0.2) is 41.9 Å². The molecule has 0 spiro atoms. The van der Waals surface area contributed by atoms with Crippen molar-refractivity contribution in [1.29, 1.82) is 0 Å². The Labute approximate surface area is 154 Å². The fraction of sp³-hybridized carbons (Fsp3) is 0.409. The van der Waals surface area contributed by atoms with E-state index in [1.807, 2.05) is 24.3 Å². The molecule has 2 aromatic carbocycles. The van der Waals surface area contributed by atoms with E-state index in [1.54, 1.807) is 4.90 Å². The molecule has 0 radical (unpaired) electrons. The lowest BCUT2D eigenvalue weighted by Crippen LogP contribution is -2.39. The number of amides is 1. The molecule has 1 amide bonds. The third-order valence-electron chi connectivity index (χ3n) is 5.61. The number of ether oxygens (including phenoxy) is 1. The number of hydrogen-bond donors (Lipinski definition) is 1. The summed E-state index contributed by atoms with van der Waals surface area (Å²) in [6.45, 7) is 5.16. The molecule has 0 aromatic heterocycles. The molecule has 1 saturated heterocycles. The first-order chi connectivity index (χ1) is 12.5. The van der Waals surface area contributed by atoms with Crippen molar-refractivity contribution in [3.05, 3.63) is 59.7 Å². The van der Waals surface area contributed by atoms with Crippen LogP contribution in [0.25, 0.3) is 11.1 Å². The van der Waals surface area contributed by atoms with Gasteiger partial charge in [0.25, 0.3) is 0 Å². The van der Waals surface area contributed by atoms with Crippen molar-refractivity contribution >= 4 is 6.09 Å². The summed E-state index contributed by atoms with van der Waals surface area (Å²) in [5.41, 5.74) is 4.88. The first kappa shape index (κ1) is 17.1. The van der Waals surface area contributed by atoms with Crippen LogP contribution in [0.15, 0.2) is 48.5 Å². The molecule has 1 heterocycles. The van der Waals surface area contributed by atoms with Crippen LogP contribution in [0.2, 0.25) is 0 Å². The third-order valence-corrected chi connectivity index (χ3v) is 5.61. The lowest BCUT2D eigenvalue weighted by molar-refractivity contribution is 0.0815. The second-order valence-corrected chi connectivity index (χ2v) is 8.14. The fourth-order valence-corrected chi connectivity index (χ4v) is 4.46. The van der Waals surface area contributed by atoms with E-state index in [4.69, 9.17) is 4.74 Å². The van der Waals surface area contributed by atoms with E-state index in [0.717, 1.165) is 6.42 Å². The molecular weight excluding hydrogens is 326 g/mol. The van der Waals surface area contributed by atoms with E-state index in [0.29, 0.717) is 13.2 Å². The zero-order valence-corrected chi connectivity index (χ0v) is 15.3. The van der Waals surface area contributed by atoms with Crippen molar-refractivity contribution in [1.82, 2.24) is 4.90 Å². The summed E-state index contributed by atoms with van der Waals surface area (Å²) < 4.78 is 5.72. The van der Waals surface area contributed by atoms with Crippen LogP contribution >= 0.6 is 0 Å². The van der Waals surface area contributed by atoms with Gasteiger partial charge >= 0.3 is 6.09 Å². The number of rotatable bonds is 3. The van der Waals surface area contributed by atoms with Crippen LogP contribution in [0.1, 0.15) is 37.3 Å². The minimum Gasteiger partial charge on any atom is -0.448 e. The number of aliphatic hydroxyl groups excluding tert-OH is 1. The average molecular weight is 351 g/mol. The number of carbonyl (C=O) groups excluding carboxylic acids is 1. The predicted octanol–water partition coefficient (Wildman–Crippen LogP) is 4.03. The first-order valence-electron chi connectivity index (χ1n) is 9.23. The van der Waals surface area contributed by atoms with Crippen LogP contribution in [0.5, 0.6) is 0 Å². The van der Waals surface area contributed by atoms with Crippen LogP contribution < -0.4 is 0 Å². The van der Waals surface area contributed by atoms with Crippen LogP contribution in [-0.2, 0) is 4.74 Å². The van der Waals surface area contributed by atoms with Crippen molar-refractivity contribution in [3.8, 4) is 11.1 Å². The van der Waals surface area contributed by atoms with Gasteiger partial charge in [-0.25, -0.2) is 4.79 Å². The van der Waals surface area contributed by atoms with E-state index in [2.05, 4.69) is 38.1 Å². The summed E-state index contributed by atoms with van der Waals surface area (Å²) in [6.07, 6.45) is 0.477. The molecule has 4 rings (SSSR count). The van der Waals surface area contributed by atoms with E-state index >= 15 is 0 Å². The molecule has 4 heteroatoms. The predicted molar refractivity (Wildman–Crippen MR) is 101 cm³/mol. The van der Waals surface area contributed by atoms with Crippen molar-refractivity contribution in [2.45, 2.75) is 32.2 Å². The summed E-state index contributed by atoms with van der Waals surface area (Å²) in [5.74, 6) is 0.0644. The van der Waals surface area contributed by atoms with Gasteiger partial charge in [-0.2, -0.15) is 0 Å². The Morgan fingerprint density at radius 3 is 2.27 bits per heavy atom. The molecule has 0 unspecified atom stereocenters. The topological polar surface area (TPSA) is 49.8 Å². The van der Waals surface area contributed by atoms with E-state index < -0.39 is 0 Å². The lowest BCUT2D eigenvalue weighted by atomic mass is 9.91. The number of likely N-dealkylation sites (tertiary alicyclic amines) is 1. The largest absolute Gasteiger partial charge is 0.448 e. The molecule has 4 nitrogen and oxygen atoms in total. The lowest BCUT2D eigenvalue weighted by Gasteiger charge is -2.24. The van der Waals surface area contributed by atoms with Gasteiger partial charge in [0.1, 0.15) is 6.61 Å². The van der Waals surface area contributed by atoms with Crippen molar-refractivity contribution in [2.24, 2.45) is 5.41 Å². The molecule has 136 valence electrons. The van der Waals surface area contributed by atoms with Crippen molar-refractivity contribution in [3.63, 3.8) is 0 Å². The molecule has 2 aromatic rings. The minimum absolute atomic E-state index is 0.0129. The van der Waals surface area contributed by atoms with Crippen LogP contribution in [0.3, 0.4) is 0 Å². The number of aliphatic hydroxyl groups is 1. The highest BCUT2D eigenvalue weighted by Gasteiger charge is 2.41. The van der Waals surface area contributed by atoms with Gasteiger partial charge in [0.2, 0.25) is 0 Å². The summed E-state index contributed by atoms with van der Waals surface area (Å²) in [4.78, 5) is 14.4. The molecule has 1 N–H and O–H groups in total. The van der Waals surface area contributed by atoms with E-state index in [1.165, 1.54) is 22.3 Å². The zero-order valence-electron chi connectivity index (χ0n) is 15.3. The Kier molecular flexibility index (Phi) is 4.23. The molecular formula is C22H25NO3. The normalized spacial score (nSPS) is 20.7. The van der Waals surface area contributed by atoms with Gasteiger partial charge in [-0.05, 0) is 34.1 Å². The molecule has 0 saturated carbocycles. The highest BCUT2D eigenvalue weighted by atomic mass is 16.6. The standard InChI is InChI=1S/C22H25NO3/c1-22(2)11-15(12-24)23(14-22)21(25)26-13-20-18-9-5-3-7-16(18)17-8-4-6-10-19(17)20/h3-10,15,20,24H,11-14H2,1-2H3/t15-/m1/s1. The van der Waals surface area contributed by atoms with E-state index in [9.17, 15) is 9.90 Å². The number of benzene rings is 2. The molecule has 1 fully saturated rings. The van der Waals surface area contributed by atoms with Gasteiger partial charge in [-0.1, -0.05) is 62.4 Å². The van der Waals surface area contributed by atoms with Crippen LogP contribution in [0, 0.1) is 5.41 Å². The van der Waals surface area contributed by atoms with Gasteiger partial charge in [-0.15, -0.1) is 0 Å². The SMILES string of the molecule is CC1(C)C[C@H](CO)N(C(=O)OCC2c3ccccc3-c3ccccc32)C1.